The van der Waals surface area contributed by atoms with Gasteiger partial charge >= 0.3 is 5.97 Å². The Hall–Kier alpha value is -3.20. The van der Waals surface area contributed by atoms with Gasteiger partial charge in [-0.15, -0.1) is 0 Å². The van der Waals surface area contributed by atoms with Crippen molar-refractivity contribution in [3.63, 3.8) is 0 Å². The maximum atomic E-state index is 14.4. The Morgan fingerprint density at radius 3 is 2.42 bits per heavy atom. The average molecular weight is 597 g/mol. The van der Waals surface area contributed by atoms with Crippen LogP contribution in [0.5, 0.6) is 5.75 Å². The van der Waals surface area contributed by atoms with E-state index in [1.807, 2.05) is 55.5 Å². The second kappa shape index (κ2) is 12.1. The highest BCUT2D eigenvalue weighted by Crippen LogP contribution is 2.46. The number of hydrogen-bond acceptors (Lipinski definition) is 5. The van der Waals surface area contributed by atoms with E-state index in [1.165, 1.54) is 4.31 Å². The summed E-state index contributed by atoms with van der Waals surface area (Å²) in [5.74, 6) is 0.122. The van der Waals surface area contributed by atoms with Gasteiger partial charge in [-0.25, -0.2) is 13.2 Å². The molecule has 0 aliphatic carbocycles. The van der Waals surface area contributed by atoms with Crippen LogP contribution in [0.25, 0.3) is 0 Å². The Balaban J connectivity index is 1.91. The van der Waals surface area contributed by atoms with Crippen LogP contribution in [0.3, 0.4) is 0 Å². The number of halogens is 1. The maximum absolute atomic E-state index is 14.4. The van der Waals surface area contributed by atoms with Crippen LogP contribution >= 0.6 is 15.9 Å². The van der Waals surface area contributed by atoms with Crippen LogP contribution in [0.4, 0.5) is 0 Å². The van der Waals surface area contributed by atoms with Crippen molar-refractivity contribution in [1.82, 2.24) is 4.31 Å². The third kappa shape index (κ3) is 5.93. The van der Waals surface area contributed by atoms with Gasteiger partial charge in [0, 0.05) is 4.47 Å². The van der Waals surface area contributed by atoms with Gasteiger partial charge in [-0.2, -0.15) is 4.31 Å². The zero-order valence-electron chi connectivity index (χ0n) is 21.3. The number of esters is 1. The number of hydrogen-bond donors (Lipinski definition) is 0. The summed E-state index contributed by atoms with van der Waals surface area (Å²) < 4.78 is 42.0. The molecule has 6 nitrogen and oxygen atoms in total. The zero-order chi connectivity index (χ0) is 27.3. The SMILES string of the molecule is C=CCOc1ccc([C@@H]2CC=C(C(=O)OCC)[C@H](c3cccc(Br)c3)N2S(=O)(=O)c2ccc(C)cc2)cc1. The fourth-order valence-electron chi connectivity index (χ4n) is 4.55. The first-order valence-corrected chi connectivity index (χ1v) is 14.6. The summed E-state index contributed by atoms with van der Waals surface area (Å²) in [6.45, 7) is 7.86. The van der Waals surface area contributed by atoms with Crippen molar-refractivity contribution in [2.45, 2.75) is 37.2 Å². The lowest BCUT2D eigenvalue weighted by molar-refractivity contribution is -0.139. The molecule has 198 valence electrons. The number of benzene rings is 3. The van der Waals surface area contributed by atoms with Crippen molar-refractivity contribution in [3.8, 4) is 5.75 Å². The van der Waals surface area contributed by atoms with Gasteiger partial charge in [-0.1, -0.05) is 76.6 Å². The summed E-state index contributed by atoms with van der Waals surface area (Å²) >= 11 is 3.50. The number of carbonyl (C=O) groups excluding carboxylic acids is 1. The summed E-state index contributed by atoms with van der Waals surface area (Å²) in [6.07, 6.45) is 3.77. The van der Waals surface area contributed by atoms with Crippen LogP contribution in [0.1, 0.15) is 42.1 Å². The molecule has 8 heteroatoms. The molecule has 0 saturated carbocycles. The first-order chi connectivity index (χ1) is 18.3. The molecule has 2 atom stereocenters. The van der Waals surface area contributed by atoms with Crippen molar-refractivity contribution in [3.05, 3.63) is 118 Å². The summed E-state index contributed by atoms with van der Waals surface area (Å²) in [5.41, 5.74) is 2.68. The highest BCUT2D eigenvalue weighted by molar-refractivity contribution is 9.10. The molecular weight excluding hydrogens is 566 g/mol. The van der Waals surface area contributed by atoms with Crippen molar-refractivity contribution >= 4 is 31.9 Å². The van der Waals surface area contributed by atoms with E-state index >= 15 is 0 Å². The lowest BCUT2D eigenvalue weighted by atomic mass is 9.89. The maximum Gasteiger partial charge on any atom is 0.335 e. The summed E-state index contributed by atoms with van der Waals surface area (Å²) in [4.78, 5) is 13.3. The molecule has 0 N–H and O–H groups in total. The van der Waals surface area contributed by atoms with Crippen LogP contribution in [0.2, 0.25) is 0 Å². The fraction of sp³-hybridized carbons (Fsp3) is 0.233. The fourth-order valence-corrected chi connectivity index (χ4v) is 6.74. The number of carbonyl (C=O) groups is 1. The van der Waals surface area contributed by atoms with E-state index in [9.17, 15) is 13.2 Å². The molecule has 0 radical (unpaired) electrons. The minimum absolute atomic E-state index is 0.157. The monoisotopic (exact) mass is 595 g/mol. The standard InChI is InChI=1S/C30H30BrNO5S/c1-4-19-37-25-13-11-22(12-14-25)28-18-17-27(30(33)36-5-2)29(23-7-6-8-24(31)20-23)32(28)38(34,35)26-15-9-21(3)10-16-26/h4,6-17,20,28-29H,1,5,18-19H2,2-3H3/t28-,29-/m0/s1. The number of rotatable bonds is 9. The van der Waals surface area contributed by atoms with Crippen molar-refractivity contribution < 1.29 is 22.7 Å². The zero-order valence-corrected chi connectivity index (χ0v) is 23.7. The second-order valence-electron chi connectivity index (χ2n) is 8.91. The molecule has 0 bridgehead atoms. The summed E-state index contributed by atoms with van der Waals surface area (Å²) in [5, 5.41) is 0. The van der Waals surface area contributed by atoms with Crippen LogP contribution < -0.4 is 4.74 Å². The van der Waals surface area contributed by atoms with Crippen LogP contribution in [-0.2, 0) is 19.6 Å². The van der Waals surface area contributed by atoms with Gasteiger partial charge in [0.2, 0.25) is 10.0 Å². The van der Waals surface area contributed by atoms with E-state index in [0.717, 1.165) is 15.6 Å². The van der Waals surface area contributed by atoms with E-state index in [0.29, 0.717) is 29.9 Å². The predicted octanol–water partition coefficient (Wildman–Crippen LogP) is 6.69. The van der Waals surface area contributed by atoms with Gasteiger partial charge in [0.25, 0.3) is 0 Å². The predicted molar refractivity (Wildman–Crippen MR) is 151 cm³/mol. The van der Waals surface area contributed by atoms with E-state index < -0.39 is 28.1 Å². The lowest BCUT2D eigenvalue weighted by Crippen LogP contribution is -2.42. The van der Waals surface area contributed by atoms with Gasteiger partial charge < -0.3 is 9.47 Å². The average Bonchev–Trinajstić information content (AvgIpc) is 2.91. The third-order valence-electron chi connectivity index (χ3n) is 6.32. The molecule has 1 heterocycles. The van der Waals surface area contributed by atoms with Crippen LogP contribution in [-0.4, -0.2) is 31.9 Å². The van der Waals surface area contributed by atoms with E-state index in [2.05, 4.69) is 22.5 Å². The topological polar surface area (TPSA) is 72.9 Å². The Labute approximate surface area is 232 Å². The molecule has 0 saturated heterocycles. The van der Waals surface area contributed by atoms with E-state index in [1.54, 1.807) is 43.3 Å². The quantitative estimate of drug-likeness (QED) is 0.203. The summed E-state index contributed by atoms with van der Waals surface area (Å²) in [6, 6.07) is 20.0. The Morgan fingerprint density at radius 2 is 1.79 bits per heavy atom. The van der Waals surface area contributed by atoms with E-state index in [4.69, 9.17) is 9.47 Å². The molecule has 0 amide bonds. The lowest BCUT2D eigenvalue weighted by Gasteiger charge is -2.41. The molecule has 0 unspecified atom stereocenters. The largest absolute Gasteiger partial charge is 0.490 e. The molecule has 0 aromatic heterocycles. The molecule has 3 aromatic rings. The van der Waals surface area contributed by atoms with E-state index in [-0.39, 0.29) is 11.5 Å². The Kier molecular flexibility index (Phi) is 8.87. The Morgan fingerprint density at radius 1 is 1.08 bits per heavy atom. The normalized spacial score (nSPS) is 17.9. The molecule has 1 aliphatic heterocycles. The van der Waals surface area contributed by atoms with Crippen LogP contribution in [0.15, 0.2) is 106 Å². The minimum atomic E-state index is -4.07. The molecule has 38 heavy (non-hydrogen) atoms. The van der Waals surface area contributed by atoms with Gasteiger partial charge in [0.05, 0.1) is 29.2 Å². The third-order valence-corrected chi connectivity index (χ3v) is 8.70. The van der Waals surface area contributed by atoms with Crippen molar-refractivity contribution in [2.24, 2.45) is 0 Å². The number of sulfonamides is 1. The van der Waals surface area contributed by atoms with Gasteiger partial charge in [0.15, 0.2) is 0 Å². The number of nitrogens with zero attached hydrogens (tertiary/aromatic N) is 1. The molecule has 3 aromatic carbocycles. The Bertz CT molecular complexity index is 1430. The van der Waals surface area contributed by atoms with Gasteiger partial charge in [0.1, 0.15) is 12.4 Å². The first kappa shape index (κ1) is 27.8. The number of ether oxygens (including phenoxy) is 2. The van der Waals surface area contributed by atoms with Gasteiger partial charge in [-0.3, -0.25) is 0 Å². The molecule has 0 spiro atoms. The summed E-state index contributed by atoms with van der Waals surface area (Å²) in [7, 11) is -4.07. The smallest absolute Gasteiger partial charge is 0.335 e. The molecule has 1 aliphatic rings. The molecule has 0 fully saturated rings. The van der Waals surface area contributed by atoms with Crippen molar-refractivity contribution in [1.29, 1.82) is 0 Å². The number of aryl methyl sites for hydroxylation is 1. The highest BCUT2D eigenvalue weighted by Gasteiger charge is 2.45. The second-order valence-corrected chi connectivity index (χ2v) is 11.7. The highest BCUT2D eigenvalue weighted by atomic mass is 79.9. The van der Waals surface area contributed by atoms with Gasteiger partial charge in [-0.05, 0) is 67.8 Å². The first-order valence-electron chi connectivity index (χ1n) is 12.3. The molecular formula is C30H30BrNO5S. The molecule has 4 rings (SSSR count). The minimum Gasteiger partial charge on any atom is -0.490 e. The van der Waals surface area contributed by atoms with Crippen LogP contribution in [0, 0.1) is 6.92 Å². The van der Waals surface area contributed by atoms with Crippen molar-refractivity contribution in [2.75, 3.05) is 13.2 Å².